The van der Waals surface area contributed by atoms with Crippen LogP contribution in [0.3, 0.4) is 0 Å². The van der Waals surface area contributed by atoms with Gasteiger partial charge in [0.2, 0.25) is 0 Å². The van der Waals surface area contributed by atoms with Gasteiger partial charge in [0.1, 0.15) is 10.8 Å². The first-order valence-electron chi connectivity index (χ1n) is 7.52. The Morgan fingerprint density at radius 1 is 1.37 bits per heavy atom. The van der Waals surface area contributed by atoms with Crippen molar-refractivity contribution in [2.45, 2.75) is 65.2 Å². The van der Waals surface area contributed by atoms with E-state index in [9.17, 15) is 0 Å². The Morgan fingerprint density at radius 2 is 2.11 bits per heavy atom. The number of rotatable bonds is 8. The van der Waals surface area contributed by atoms with Crippen LogP contribution in [0.2, 0.25) is 0 Å². The molecule has 1 aliphatic rings. The summed E-state index contributed by atoms with van der Waals surface area (Å²) in [6, 6.07) is 0. The topological polar surface area (TPSA) is 50.9 Å². The molecule has 0 bridgehead atoms. The zero-order valence-electron chi connectivity index (χ0n) is 12.5. The summed E-state index contributed by atoms with van der Waals surface area (Å²) in [5.41, 5.74) is 7.61. The number of nitrogens with zero attached hydrogens (tertiary/aromatic N) is 1. The molecule has 0 unspecified atom stereocenters. The molecule has 3 nitrogen and oxygen atoms in total. The minimum atomic E-state index is 0.342. The second kappa shape index (κ2) is 6.12. The molecule has 0 radical (unpaired) electrons. The number of hydrogen-bond donors (Lipinski definition) is 2. The van der Waals surface area contributed by atoms with Gasteiger partial charge in [-0.1, -0.05) is 40.0 Å². The molecule has 0 aromatic carbocycles. The monoisotopic (exact) mass is 281 g/mol. The number of anilines is 2. The highest BCUT2D eigenvalue weighted by Gasteiger charge is 2.31. The molecule has 0 aliphatic heterocycles. The van der Waals surface area contributed by atoms with E-state index >= 15 is 0 Å². The molecule has 3 N–H and O–H groups in total. The SMILES string of the molecule is CCCCCC(C)(C)CNc1snc(N)c1C1CC1. The van der Waals surface area contributed by atoms with E-state index in [2.05, 4.69) is 30.5 Å². The molecular formula is C15H27N3S. The van der Waals surface area contributed by atoms with Crippen molar-refractivity contribution in [3.8, 4) is 0 Å². The molecule has 1 aromatic heterocycles. The normalized spacial score (nSPS) is 15.7. The lowest BCUT2D eigenvalue weighted by atomic mass is 9.87. The smallest absolute Gasteiger partial charge is 0.142 e. The van der Waals surface area contributed by atoms with E-state index in [1.54, 1.807) is 0 Å². The number of unbranched alkanes of at least 4 members (excludes halogenated alkanes) is 2. The molecule has 0 spiro atoms. The molecule has 0 atom stereocenters. The van der Waals surface area contributed by atoms with Crippen molar-refractivity contribution in [1.29, 1.82) is 0 Å². The van der Waals surface area contributed by atoms with Crippen LogP contribution >= 0.6 is 11.5 Å². The fraction of sp³-hybridized carbons (Fsp3) is 0.800. The van der Waals surface area contributed by atoms with E-state index < -0.39 is 0 Å². The average Bonchev–Trinajstić information content (AvgIpc) is 3.11. The van der Waals surface area contributed by atoms with Gasteiger partial charge in [0.15, 0.2) is 0 Å². The summed E-state index contributed by atoms with van der Waals surface area (Å²) < 4.78 is 4.31. The first-order valence-corrected chi connectivity index (χ1v) is 8.30. The number of nitrogens with two attached hydrogens (primary N) is 1. The van der Waals surface area contributed by atoms with E-state index in [-0.39, 0.29) is 0 Å². The third-order valence-electron chi connectivity index (χ3n) is 3.93. The van der Waals surface area contributed by atoms with E-state index in [0.29, 0.717) is 11.3 Å². The summed E-state index contributed by atoms with van der Waals surface area (Å²) in [4.78, 5) is 0. The number of nitrogens with one attached hydrogen (secondary N) is 1. The predicted octanol–water partition coefficient (Wildman–Crippen LogP) is 4.62. The van der Waals surface area contributed by atoms with Crippen LogP contribution in [0, 0.1) is 5.41 Å². The summed E-state index contributed by atoms with van der Waals surface area (Å²) in [6.45, 7) is 7.96. The lowest BCUT2D eigenvalue weighted by molar-refractivity contribution is 0.342. The maximum absolute atomic E-state index is 5.98. The van der Waals surface area contributed by atoms with Gasteiger partial charge in [-0.3, -0.25) is 0 Å². The number of aromatic nitrogens is 1. The molecule has 0 amide bonds. The highest BCUT2D eigenvalue weighted by Crippen LogP contribution is 2.47. The Labute approximate surface area is 121 Å². The van der Waals surface area contributed by atoms with Crippen LogP contribution in [0.25, 0.3) is 0 Å². The lowest BCUT2D eigenvalue weighted by Gasteiger charge is -2.25. The summed E-state index contributed by atoms with van der Waals surface area (Å²) >= 11 is 1.53. The Morgan fingerprint density at radius 3 is 2.74 bits per heavy atom. The Kier molecular flexibility index (Phi) is 4.71. The summed E-state index contributed by atoms with van der Waals surface area (Å²) in [5, 5.41) is 4.81. The van der Waals surface area contributed by atoms with Crippen molar-refractivity contribution in [2.24, 2.45) is 5.41 Å². The standard InChI is InChI=1S/C15H27N3S/c1-4-5-6-9-15(2,3)10-17-14-12(11-7-8-11)13(16)18-19-14/h11,17H,4-10H2,1-3H3,(H2,16,18). The molecule has 108 valence electrons. The fourth-order valence-corrected chi connectivity index (χ4v) is 3.26. The van der Waals surface area contributed by atoms with Crippen LogP contribution in [0.4, 0.5) is 10.8 Å². The van der Waals surface area contributed by atoms with Crippen molar-refractivity contribution in [3.05, 3.63) is 5.56 Å². The van der Waals surface area contributed by atoms with Crippen LogP contribution in [-0.2, 0) is 0 Å². The molecule has 1 heterocycles. The fourth-order valence-electron chi connectivity index (χ4n) is 2.47. The second-order valence-corrected chi connectivity index (χ2v) is 7.33. The van der Waals surface area contributed by atoms with Crippen molar-refractivity contribution in [1.82, 2.24) is 4.37 Å². The Balaban J connectivity index is 1.87. The Hall–Kier alpha value is -0.770. The van der Waals surface area contributed by atoms with Gasteiger partial charge >= 0.3 is 0 Å². The van der Waals surface area contributed by atoms with Crippen molar-refractivity contribution in [2.75, 3.05) is 17.6 Å². The average molecular weight is 281 g/mol. The zero-order chi connectivity index (χ0) is 13.9. The van der Waals surface area contributed by atoms with Gasteiger partial charge in [-0.15, -0.1) is 0 Å². The molecule has 1 aliphatic carbocycles. The quantitative estimate of drug-likeness (QED) is 0.683. The molecule has 0 saturated heterocycles. The highest BCUT2D eigenvalue weighted by molar-refractivity contribution is 7.10. The van der Waals surface area contributed by atoms with Crippen LogP contribution in [-0.4, -0.2) is 10.9 Å². The van der Waals surface area contributed by atoms with Crippen molar-refractivity contribution >= 4 is 22.4 Å². The van der Waals surface area contributed by atoms with Gasteiger partial charge in [0.05, 0.1) is 0 Å². The second-order valence-electron chi connectivity index (χ2n) is 6.56. The maximum Gasteiger partial charge on any atom is 0.142 e. The van der Waals surface area contributed by atoms with E-state index in [4.69, 9.17) is 5.73 Å². The minimum Gasteiger partial charge on any atom is -0.383 e. The molecule has 4 heteroatoms. The molecule has 1 fully saturated rings. The first kappa shape index (κ1) is 14.6. The minimum absolute atomic E-state index is 0.342. The van der Waals surface area contributed by atoms with Gasteiger partial charge in [0, 0.05) is 12.1 Å². The van der Waals surface area contributed by atoms with Crippen LogP contribution < -0.4 is 11.1 Å². The van der Waals surface area contributed by atoms with Gasteiger partial charge in [-0.2, -0.15) is 4.37 Å². The molecule has 2 rings (SSSR count). The summed E-state index contributed by atoms with van der Waals surface area (Å²) in [5.74, 6) is 1.42. The predicted molar refractivity (Wildman–Crippen MR) is 84.9 cm³/mol. The van der Waals surface area contributed by atoms with E-state index in [1.165, 1.54) is 60.6 Å². The summed E-state index contributed by atoms with van der Waals surface area (Å²) in [6.07, 6.45) is 7.78. The highest BCUT2D eigenvalue weighted by atomic mass is 32.1. The van der Waals surface area contributed by atoms with Gasteiger partial charge in [-0.05, 0) is 42.1 Å². The van der Waals surface area contributed by atoms with Gasteiger partial charge in [0.25, 0.3) is 0 Å². The Bertz CT molecular complexity index is 408. The zero-order valence-corrected chi connectivity index (χ0v) is 13.3. The largest absolute Gasteiger partial charge is 0.383 e. The van der Waals surface area contributed by atoms with E-state index in [0.717, 1.165) is 12.4 Å². The van der Waals surface area contributed by atoms with Crippen LogP contribution in [0.15, 0.2) is 0 Å². The molecule has 1 aromatic rings. The van der Waals surface area contributed by atoms with Crippen LogP contribution in [0.1, 0.15) is 70.8 Å². The number of nitrogen functional groups attached to an aromatic ring is 1. The van der Waals surface area contributed by atoms with Crippen molar-refractivity contribution in [3.63, 3.8) is 0 Å². The third-order valence-corrected chi connectivity index (χ3v) is 4.76. The number of hydrogen-bond acceptors (Lipinski definition) is 4. The summed E-state index contributed by atoms with van der Waals surface area (Å²) in [7, 11) is 0. The molecule has 19 heavy (non-hydrogen) atoms. The van der Waals surface area contributed by atoms with Crippen molar-refractivity contribution < 1.29 is 0 Å². The van der Waals surface area contributed by atoms with Gasteiger partial charge in [-0.25, -0.2) is 0 Å². The third kappa shape index (κ3) is 4.10. The van der Waals surface area contributed by atoms with Gasteiger partial charge < -0.3 is 11.1 Å². The first-order chi connectivity index (χ1) is 9.03. The lowest BCUT2D eigenvalue weighted by Crippen LogP contribution is -2.23. The molecular weight excluding hydrogens is 254 g/mol. The van der Waals surface area contributed by atoms with E-state index in [1.807, 2.05) is 0 Å². The van der Waals surface area contributed by atoms with Crippen LogP contribution in [0.5, 0.6) is 0 Å². The molecule has 1 saturated carbocycles. The maximum atomic E-state index is 5.98.